The van der Waals surface area contributed by atoms with E-state index in [1.807, 2.05) is 20.8 Å². The Kier molecular flexibility index (Phi) is 13.8. The molecule has 36 heavy (non-hydrogen) atoms. The van der Waals surface area contributed by atoms with Crippen molar-refractivity contribution in [2.45, 2.75) is 42.9 Å². The summed E-state index contributed by atoms with van der Waals surface area (Å²) in [4.78, 5) is 0. The molecular formula is C13H17F9O11S3. The predicted molar refractivity (Wildman–Crippen MR) is 101 cm³/mol. The highest BCUT2D eigenvalue weighted by Crippen LogP contribution is 2.22. The Labute approximate surface area is 197 Å². The molecule has 11 nitrogen and oxygen atoms in total. The highest BCUT2D eigenvalue weighted by atomic mass is 32.2. The SMILES string of the molecule is CC(C)(C)Oc1ccc(O)cc1.O=S(=O)(O)C(F)(F)F.O=S(=O)(O)C(F)(F)F.O=S(=O)(O)C(F)(F)F. The van der Waals surface area contributed by atoms with Crippen molar-refractivity contribution in [3.8, 4) is 11.5 Å². The second kappa shape index (κ2) is 12.9. The maximum Gasteiger partial charge on any atom is 0.522 e. The average molecular weight is 616 g/mol. The molecule has 0 saturated carbocycles. The van der Waals surface area contributed by atoms with Gasteiger partial charge in [0.1, 0.15) is 17.1 Å². The zero-order valence-electron chi connectivity index (χ0n) is 17.6. The van der Waals surface area contributed by atoms with E-state index < -0.39 is 46.9 Å². The van der Waals surface area contributed by atoms with Crippen molar-refractivity contribution >= 4 is 30.4 Å². The van der Waals surface area contributed by atoms with Crippen LogP contribution in [0.4, 0.5) is 39.5 Å². The van der Waals surface area contributed by atoms with E-state index in [0.717, 1.165) is 5.75 Å². The topological polar surface area (TPSA) is 193 Å². The fraction of sp³-hybridized carbons (Fsp3) is 0.538. The van der Waals surface area contributed by atoms with Crippen LogP contribution in [0.5, 0.6) is 11.5 Å². The van der Waals surface area contributed by atoms with Gasteiger partial charge >= 0.3 is 46.9 Å². The first-order chi connectivity index (χ1) is 15.2. The number of alkyl halides is 9. The third kappa shape index (κ3) is 19.1. The maximum atomic E-state index is 10.7. The minimum Gasteiger partial charge on any atom is -0.508 e. The van der Waals surface area contributed by atoms with Crippen LogP contribution in [0.25, 0.3) is 0 Å². The standard InChI is InChI=1S/C10H14O2.3CHF3O3S/c1-10(2,3)12-9-6-4-8(11)5-7-9;3*2-1(3,4)8(5,6)7/h4-7,11H,1-3H3;3*(H,5,6,7). The van der Waals surface area contributed by atoms with Crippen molar-refractivity contribution in [1.29, 1.82) is 0 Å². The van der Waals surface area contributed by atoms with Crippen LogP contribution in [-0.2, 0) is 30.4 Å². The van der Waals surface area contributed by atoms with Crippen molar-refractivity contribution in [1.82, 2.24) is 0 Å². The lowest BCUT2D eigenvalue weighted by atomic mass is 10.2. The number of hydrogen-bond acceptors (Lipinski definition) is 8. The Bertz CT molecular complexity index is 1010. The molecule has 0 aliphatic heterocycles. The first-order valence-electron chi connectivity index (χ1n) is 7.81. The summed E-state index contributed by atoms with van der Waals surface area (Å²) in [6.07, 6.45) is 0. The fourth-order valence-electron chi connectivity index (χ4n) is 0.868. The smallest absolute Gasteiger partial charge is 0.508 e. The molecule has 0 spiro atoms. The van der Waals surface area contributed by atoms with Gasteiger partial charge in [0.05, 0.1) is 0 Å². The summed E-state index contributed by atoms with van der Waals surface area (Å²) >= 11 is 0. The normalized spacial score (nSPS) is 13.1. The molecule has 0 saturated heterocycles. The van der Waals surface area contributed by atoms with E-state index in [4.69, 9.17) is 48.8 Å². The van der Waals surface area contributed by atoms with Crippen molar-refractivity contribution < 1.29 is 88.3 Å². The molecule has 0 aromatic heterocycles. The lowest BCUT2D eigenvalue weighted by Gasteiger charge is -2.20. The summed E-state index contributed by atoms with van der Waals surface area (Å²) in [5, 5.41) is 9.00. The minimum absolute atomic E-state index is 0.184. The molecule has 216 valence electrons. The number of hydrogen-bond donors (Lipinski definition) is 4. The molecule has 0 amide bonds. The Morgan fingerprint density at radius 3 is 0.917 bits per heavy atom. The van der Waals surface area contributed by atoms with Crippen molar-refractivity contribution in [2.75, 3.05) is 0 Å². The van der Waals surface area contributed by atoms with Gasteiger partial charge in [-0.05, 0) is 45.0 Å². The average Bonchev–Trinajstić information content (AvgIpc) is 2.52. The van der Waals surface area contributed by atoms with Crippen LogP contribution in [0.1, 0.15) is 20.8 Å². The molecule has 0 aliphatic carbocycles. The fourth-order valence-corrected chi connectivity index (χ4v) is 0.868. The van der Waals surface area contributed by atoms with Gasteiger partial charge in [-0.2, -0.15) is 64.8 Å². The monoisotopic (exact) mass is 616 g/mol. The summed E-state index contributed by atoms with van der Waals surface area (Å²) in [5.74, 6) is 1.04. The summed E-state index contributed by atoms with van der Waals surface area (Å²) in [5.41, 5.74) is -16.8. The van der Waals surface area contributed by atoms with Crippen LogP contribution in [0.2, 0.25) is 0 Å². The van der Waals surface area contributed by atoms with Crippen LogP contribution < -0.4 is 4.74 Å². The first kappa shape index (κ1) is 38.5. The highest BCUT2D eigenvalue weighted by molar-refractivity contribution is 7.87. The van der Waals surface area contributed by atoms with Gasteiger partial charge in [-0.1, -0.05) is 0 Å². The largest absolute Gasteiger partial charge is 0.522 e. The minimum atomic E-state index is -5.84. The number of phenols is 1. The van der Waals surface area contributed by atoms with E-state index in [1.165, 1.54) is 0 Å². The number of benzene rings is 1. The van der Waals surface area contributed by atoms with Gasteiger partial charge in [0.2, 0.25) is 0 Å². The molecule has 0 unspecified atom stereocenters. The van der Waals surface area contributed by atoms with Gasteiger partial charge in [0.15, 0.2) is 0 Å². The van der Waals surface area contributed by atoms with Gasteiger partial charge in [-0.3, -0.25) is 13.7 Å². The lowest BCUT2D eigenvalue weighted by Crippen LogP contribution is -2.22. The number of aromatic hydroxyl groups is 1. The van der Waals surface area contributed by atoms with E-state index in [0.29, 0.717) is 0 Å². The third-order valence-corrected chi connectivity index (χ3v) is 3.89. The Morgan fingerprint density at radius 2 is 0.778 bits per heavy atom. The molecule has 1 aromatic carbocycles. The zero-order chi connectivity index (χ0) is 30.2. The van der Waals surface area contributed by atoms with Crippen LogP contribution >= 0.6 is 0 Å². The number of rotatable bonds is 1. The molecule has 1 aromatic rings. The molecule has 0 heterocycles. The molecule has 23 heteroatoms. The first-order valence-corrected chi connectivity index (χ1v) is 12.1. The molecule has 0 aliphatic rings. The van der Waals surface area contributed by atoms with E-state index >= 15 is 0 Å². The van der Waals surface area contributed by atoms with Crippen LogP contribution in [0.3, 0.4) is 0 Å². The molecule has 4 N–H and O–H groups in total. The van der Waals surface area contributed by atoms with Crippen molar-refractivity contribution in [2.24, 2.45) is 0 Å². The number of ether oxygens (including phenoxy) is 1. The molecule has 0 radical (unpaired) electrons. The van der Waals surface area contributed by atoms with Gasteiger partial charge in [0, 0.05) is 0 Å². The van der Waals surface area contributed by atoms with Gasteiger partial charge in [-0.25, -0.2) is 0 Å². The van der Waals surface area contributed by atoms with Gasteiger partial charge < -0.3 is 9.84 Å². The molecule has 0 bridgehead atoms. The summed E-state index contributed by atoms with van der Waals surface area (Å²) in [6, 6.07) is 6.73. The van der Waals surface area contributed by atoms with Gasteiger partial charge in [-0.15, -0.1) is 0 Å². The van der Waals surface area contributed by atoms with E-state index in [-0.39, 0.29) is 11.4 Å². The van der Waals surface area contributed by atoms with Crippen LogP contribution in [0.15, 0.2) is 24.3 Å². The van der Waals surface area contributed by atoms with E-state index in [2.05, 4.69) is 0 Å². The van der Waals surface area contributed by atoms with Crippen LogP contribution in [0, 0.1) is 0 Å². The quantitative estimate of drug-likeness (QED) is 0.204. The second-order valence-corrected chi connectivity index (χ2v) is 10.7. The Hall–Kier alpha value is -2.08. The van der Waals surface area contributed by atoms with Crippen molar-refractivity contribution in [3.63, 3.8) is 0 Å². The molecule has 1 rings (SSSR count). The molecule has 0 fully saturated rings. The molecular weight excluding hydrogens is 599 g/mol. The van der Waals surface area contributed by atoms with Gasteiger partial charge in [0.25, 0.3) is 0 Å². The Balaban J connectivity index is -0.000000412. The van der Waals surface area contributed by atoms with Crippen LogP contribution in [-0.4, -0.2) is 66.1 Å². The van der Waals surface area contributed by atoms with E-state index in [9.17, 15) is 39.5 Å². The number of halogens is 9. The van der Waals surface area contributed by atoms with E-state index in [1.54, 1.807) is 24.3 Å². The zero-order valence-corrected chi connectivity index (χ0v) is 20.0. The number of phenolic OH excluding ortho intramolecular Hbond substituents is 1. The third-order valence-electron chi connectivity index (χ3n) is 2.14. The summed E-state index contributed by atoms with van der Waals surface area (Å²) in [6.45, 7) is 5.96. The van der Waals surface area contributed by atoms with Crippen molar-refractivity contribution in [3.05, 3.63) is 24.3 Å². The Morgan fingerprint density at radius 1 is 0.583 bits per heavy atom. The lowest BCUT2D eigenvalue weighted by molar-refractivity contribution is -0.0514. The maximum absolute atomic E-state index is 10.7. The predicted octanol–water partition coefficient (Wildman–Crippen LogP) is 3.75. The summed E-state index contributed by atoms with van der Waals surface area (Å²) < 4.78 is 178. The summed E-state index contributed by atoms with van der Waals surface area (Å²) in [7, 11) is -17.5. The highest BCUT2D eigenvalue weighted by Gasteiger charge is 2.45. The second-order valence-electron chi connectivity index (χ2n) is 6.47. The molecule has 0 atom stereocenters.